The minimum Gasteiger partial charge on any atom is -0.295 e. The Morgan fingerprint density at radius 2 is 2.14 bits per heavy atom. The largest absolute Gasteiger partial charge is 0.295 e. The first kappa shape index (κ1) is 14.0. The number of aryl methyl sites for hydroxylation is 1. The summed E-state index contributed by atoms with van der Waals surface area (Å²) >= 11 is 9.71. The quantitative estimate of drug-likeness (QED) is 0.651. The van der Waals surface area contributed by atoms with Gasteiger partial charge in [-0.05, 0) is 31.0 Å². The summed E-state index contributed by atoms with van der Waals surface area (Å²) in [5.41, 5.74) is 1.67. The number of halogens is 2. The highest BCUT2D eigenvalue weighted by molar-refractivity contribution is 9.10. The van der Waals surface area contributed by atoms with Crippen LogP contribution in [0.15, 0.2) is 33.8 Å². The zero-order valence-electron chi connectivity index (χ0n) is 11.6. The van der Waals surface area contributed by atoms with Crippen molar-refractivity contribution in [2.75, 3.05) is 0 Å². The van der Waals surface area contributed by atoms with Gasteiger partial charge in [0.05, 0.1) is 10.7 Å². The van der Waals surface area contributed by atoms with Crippen LogP contribution in [0.5, 0.6) is 0 Å². The van der Waals surface area contributed by atoms with E-state index in [1.54, 1.807) is 15.5 Å². The predicted octanol–water partition coefficient (Wildman–Crippen LogP) is 3.33. The third kappa shape index (κ3) is 2.09. The molecular weight excluding hydrogens is 368 g/mol. The molecule has 22 heavy (non-hydrogen) atoms. The molecule has 112 valence electrons. The Morgan fingerprint density at radius 1 is 1.27 bits per heavy atom. The second-order valence-electron chi connectivity index (χ2n) is 5.32. The molecule has 7 heteroatoms. The van der Waals surface area contributed by atoms with Crippen LogP contribution in [0.4, 0.5) is 0 Å². The lowest BCUT2D eigenvalue weighted by molar-refractivity contribution is 0.500. The molecule has 3 heterocycles. The first-order valence-electron chi connectivity index (χ1n) is 7.07. The van der Waals surface area contributed by atoms with E-state index in [1.807, 2.05) is 18.2 Å². The monoisotopic (exact) mass is 378 g/mol. The molecule has 0 unspecified atom stereocenters. The summed E-state index contributed by atoms with van der Waals surface area (Å²) in [5, 5.41) is 0.577. The van der Waals surface area contributed by atoms with E-state index in [2.05, 4.69) is 25.9 Å². The standard InChI is InChI=1S/C15H12BrClN4O/c16-9-4-5-11(10(17)7-9)21-8-18-13-14(21)19-12-3-1-2-6-20(12)15(13)22/h4-5,7-8H,1-3,6H2. The minimum atomic E-state index is -0.0633. The number of imidazole rings is 1. The molecule has 0 saturated carbocycles. The first-order valence-corrected chi connectivity index (χ1v) is 8.24. The number of aromatic nitrogens is 4. The molecule has 0 atom stereocenters. The Bertz CT molecular complexity index is 947. The Morgan fingerprint density at radius 3 is 2.95 bits per heavy atom. The van der Waals surface area contributed by atoms with Crippen LogP contribution in [0.25, 0.3) is 16.9 Å². The molecule has 1 aromatic carbocycles. The van der Waals surface area contributed by atoms with Crippen molar-refractivity contribution in [3.05, 3.63) is 50.2 Å². The fourth-order valence-corrected chi connectivity index (χ4v) is 3.62. The van der Waals surface area contributed by atoms with Gasteiger partial charge in [0.2, 0.25) is 0 Å². The van der Waals surface area contributed by atoms with Crippen molar-refractivity contribution in [2.24, 2.45) is 0 Å². The van der Waals surface area contributed by atoms with Gasteiger partial charge in [0.15, 0.2) is 11.2 Å². The number of fused-ring (bicyclic) bond motifs is 2. The molecule has 3 aromatic rings. The van der Waals surface area contributed by atoms with Crippen molar-refractivity contribution in [3.8, 4) is 5.69 Å². The van der Waals surface area contributed by atoms with Gasteiger partial charge in [-0.25, -0.2) is 9.97 Å². The summed E-state index contributed by atoms with van der Waals surface area (Å²) in [6.07, 6.45) is 4.51. The third-order valence-electron chi connectivity index (χ3n) is 3.94. The molecule has 5 nitrogen and oxygen atoms in total. The lowest BCUT2D eigenvalue weighted by Crippen LogP contribution is -2.28. The van der Waals surface area contributed by atoms with E-state index in [9.17, 15) is 4.79 Å². The van der Waals surface area contributed by atoms with Gasteiger partial charge in [0.25, 0.3) is 5.56 Å². The van der Waals surface area contributed by atoms with Crippen molar-refractivity contribution in [1.29, 1.82) is 0 Å². The molecule has 0 N–H and O–H groups in total. The number of hydrogen-bond donors (Lipinski definition) is 0. The predicted molar refractivity (Wildman–Crippen MR) is 88.8 cm³/mol. The van der Waals surface area contributed by atoms with Crippen LogP contribution in [0.2, 0.25) is 5.02 Å². The van der Waals surface area contributed by atoms with E-state index in [4.69, 9.17) is 11.6 Å². The zero-order chi connectivity index (χ0) is 15.3. The lowest BCUT2D eigenvalue weighted by atomic mass is 10.1. The highest BCUT2D eigenvalue weighted by Crippen LogP contribution is 2.26. The molecule has 0 amide bonds. The van der Waals surface area contributed by atoms with Gasteiger partial charge in [-0.15, -0.1) is 0 Å². The van der Waals surface area contributed by atoms with Gasteiger partial charge >= 0.3 is 0 Å². The van der Waals surface area contributed by atoms with Crippen LogP contribution < -0.4 is 5.56 Å². The maximum Gasteiger partial charge on any atom is 0.281 e. The van der Waals surface area contributed by atoms with Crippen LogP contribution in [-0.4, -0.2) is 19.1 Å². The van der Waals surface area contributed by atoms with E-state index in [-0.39, 0.29) is 5.56 Å². The van der Waals surface area contributed by atoms with Crippen LogP contribution in [0.3, 0.4) is 0 Å². The molecule has 0 fully saturated rings. The minimum absolute atomic E-state index is 0.0633. The molecule has 2 aromatic heterocycles. The molecule has 4 rings (SSSR count). The molecule has 0 bridgehead atoms. The average Bonchev–Trinajstić information content (AvgIpc) is 2.92. The molecule has 0 spiro atoms. The average molecular weight is 380 g/mol. The smallest absolute Gasteiger partial charge is 0.281 e. The second kappa shape index (κ2) is 5.21. The zero-order valence-corrected chi connectivity index (χ0v) is 13.9. The summed E-state index contributed by atoms with van der Waals surface area (Å²) in [4.78, 5) is 21.5. The molecule has 0 saturated heterocycles. The van der Waals surface area contributed by atoms with Crippen molar-refractivity contribution in [3.63, 3.8) is 0 Å². The molecule has 1 aliphatic heterocycles. The molecule has 0 radical (unpaired) electrons. The van der Waals surface area contributed by atoms with Crippen LogP contribution >= 0.6 is 27.5 Å². The molecular formula is C15H12BrClN4O. The van der Waals surface area contributed by atoms with Crippen molar-refractivity contribution in [1.82, 2.24) is 19.1 Å². The van der Waals surface area contributed by atoms with Gasteiger partial charge in [-0.1, -0.05) is 27.5 Å². The highest BCUT2D eigenvalue weighted by Gasteiger charge is 2.19. The van der Waals surface area contributed by atoms with E-state index in [1.165, 1.54) is 0 Å². The number of hydrogen-bond acceptors (Lipinski definition) is 3. The van der Waals surface area contributed by atoms with Gasteiger partial charge in [0.1, 0.15) is 12.2 Å². The summed E-state index contributed by atoms with van der Waals surface area (Å²) in [7, 11) is 0. The topological polar surface area (TPSA) is 52.7 Å². The van der Waals surface area contributed by atoms with Crippen LogP contribution in [0, 0.1) is 0 Å². The number of nitrogens with zero attached hydrogens (tertiary/aromatic N) is 4. The Labute approximate surface area is 139 Å². The maximum absolute atomic E-state index is 12.6. The van der Waals surface area contributed by atoms with Crippen molar-refractivity contribution >= 4 is 38.7 Å². The summed E-state index contributed by atoms with van der Waals surface area (Å²) in [6, 6.07) is 5.60. The van der Waals surface area contributed by atoms with Gasteiger partial charge < -0.3 is 0 Å². The van der Waals surface area contributed by atoms with Crippen molar-refractivity contribution in [2.45, 2.75) is 25.8 Å². The normalized spacial score (nSPS) is 14.3. The van der Waals surface area contributed by atoms with E-state index < -0.39 is 0 Å². The van der Waals surface area contributed by atoms with Crippen LogP contribution in [-0.2, 0) is 13.0 Å². The van der Waals surface area contributed by atoms with Crippen LogP contribution in [0.1, 0.15) is 18.7 Å². The second-order valence-corrected chi connectivity index (χ2v) is 6.65. The van der Waals surface area contributed by atoms with Crippen molar-refractivity contribution < 1.29 is 0 Å². The fraction of sp³-hybridized carbons (Fsp3) is 0.267. The Hall–Kier alpha value is -1.66. The maximum atomic E-state index is 12.6. The van der Waals surface area contributed by atoms with E-state index in [0.717, 1.165) is 41.8 Å². The number of rotatable bonds is 1. The fourth-order valence-electron chi connectivity index (χ4n) is 2.85. The highest BCUT2D eigenvalue weighted by atomic mass is 79.9. The van der Waals surface area contributed by atoms with E-state index >= 15 is 0 Å². The summed E-state index contributed by atoms with van der Waals surface area (Å²) < 4.78 is 4.42. The molecule has 0 aliphatic carbocycles. The molecule has 1 aliphatic rings. The van der Waals surface area contributed by atoms with Gasteiger partial charge in [-0.2, -0.15) is 0 Å². The first-order chi connectivity index (χ1) is 10.6. The van der Waals surface area contributed by atoms with Gasteiger partial charge in [-0.3, -0.25) is 13.9 Å². The SMILES string of the molecule is O=c1c2ncn(-c3ccc(Br)cc3Cl)c2nc2n1CCCC2. The number of benzene rings is 1. The van der Waals surface area contributed by atoms with Gasteiger partial charge in [0, 0.05) is 17.4 Å². The summed E-state index contributed by atoms with van der Waals surface area (Å²) in [5.74, 6) is 0.832. The Balaban J connectivity index is 2.00. The third-order valence-corrected chi connectivity index (χ3v) is 4.73. The summed E-state index contributed by atoms with van der Waals surface area (Å²) in [6.45, 7) is 0.725. The lowest BCUT2D eigenvalue weighted by Gasteiger charge is -2.17. The Kier molecular flexibility index (Phi) is 3.31. The van der Waals surface area contributed by atoms with E-state index in [0.29, 0.717) is 16.2 Å².